The zero-order chi connectivity index (χ0) is 21.2. The Morgan fingerprint density at radius 3 is 2.52 bits per heavy atom. The Kier molecular flexibility index (Phi) is 6.69. The number of nitrogens with zero attached hydrogens (tertiary/aromatic N) is 2. The van der Waals surface area contributed by atoms with Crippen LogP contribution in [0.25, 0.3) is 22.0 Å². The number of fused-ring (bicyclic) bond motifs is 1. The van der Waals surface area contributed by atoms with Gasteiger partial charge in [-0.1, -0.05) is 55.8 Å². The first-order valence-electron chi connectivity index (χ1n) is 9.73. The number of hydrogen-bond acceptors (Lipinski definition) is 2. The van der Waals surface area contributed by atoms with Crippen LogP contribution < -0.4 is 4.72 Å². The van der Waals surface area contributed by atoms with Crippen LogP contribution in [0.2, 0.25) is 5.02 Å². The first-order chi connectivity index (χ1) is 13.7. The molecule has 0 aliphatic heterocycles. The average molecular weight is 434 g/mol. The fourth-order valence-corrected chi connectivity index (χ4v) is 4.28. The second-order valence-corrected chi connectivity index (χ2v) is 10.2. The molecular formula is C22H28ClN3O2S. The van der Waals surface area contributed by atoms with E-state index < -0.39 is 10.2 Å². The van der Waals surface area contributed by atoms with Crippen molar-refractivity contribution in [1.82, 2.24) is 13.6 Å². The molecule has 7 heteroatoms. The molecule has 1 heterocycles. The van der Waals surface area contributed by atoms with Gasteiger partial charge in [-0.2, -0.15) is 12.7 Å². The maximum atomic E-state index is 12.0. The standard InChI is InChI=1S/C22H28ClN3O2S/c1-16(2)14-26-15-18(11-12-24-29(27,28)25(3)4)20-10-9-17(13-22(20)26)19-7-5-6-8-21(19)23/h5-10,13,15-16,24H,11-12,14H2,1-4H3. The molecule has 0 aliphatic rings. The van der Waals surface area contributed by atoms with Gasteiger partial charge in [-0.05, 0) is 35.6 Å². The molecule has 0 radical (unpaired) electrons. The minimum absolute atomic E-state index is 0.355. The Balaban J connectivity index is 1.96. The molecule has 29 heavy (non-hydrogen) atoms. The van der Waals surface area contributed by atoms with Crippen molar-refractivity contribution >= 4 is 32.7 Å². The number of hydrogen-bond donors (Lipinski definition) is 1. The highest BCUT2D eigenvalue weighted by Crippen LogP contribution is 2.32. The molecule has 0 atom stereocenters. The van der Waals surface area contributed by atoms with Crippen molar-refractivity contribution in [3.63, 3.8) is 0 Å². The third kappa shape index (κ3) is 5.01. The van der Waals surface area contributed by atoms with Crippen molar-refractivity contribution in [2.75, 3.05) is 20.6 Å². The van der Waals surface area contributed by atoms with Crippen molar-refractivity contribution in [1.29, 1.82) is 0 Å². The summed E-state index contributed by atoms with van der Waals surface area (Å²) in [6.45, 7) is 5.63. The number of benzene rings is 2. The molecule has 0 spiro atoms. The van der Waals surface area contributed by atoms with E-state index in [1.807, 2.05) is 24.3 Å². The lowest BCUT2D eigenvalue weighted by Crippen LogP contribution is -2.36. The van der Waals surface area contributed by atoms with E-state index in [-0.39, 0.29) is 0 Å². The topological polar surface area (TPSA) is 54.3 Å². The lowest BCUT2D eigenvalue weighted by molar-refractivity contribution is 0.506. The molecule has 0 saturated heterocycles. The summed E-state index contributed by atoms with van der Waals surface area (Å²) >= 11 is 6.40. The third-order valence-electron chi connectivity index (χ3n) is 4.87. The van der Waals surface area contributed by atoms with Gasteiger partial charge in [-0.3, -0.25) is 0 Å². The van der Waals surface area contributed by atoms with Crippen LogP contribution in [0.3, 0.4) is 0 Å². The molecule has 0 aliphatic carbocycles. The molecule has 1 N–H and O–H groups in total. The molecule has 0 bridgehead atoms. The van der Waals surface area contributed by atoms with Crippen molar-refractivity contribution in [2.45, 2.75) is 26.8 Å². The van der Waals surface area contributed by atoms with Crippen LogP contribution in [0.5, 0.6) is 0 Å². The highest BCUT2D eigenvalue weighted by molar-refractivity contribution is 7.87. The minimum Gasteiger partial charge on any atom is -0.347 e. The van der Waals surface area contributed by atoms with Gasteiger partial charge in [0.15, 0.2) is 0 Å². The van der Waals surface area contributed by atoms with E-state index >= 15 is 0 Å². The van der Waals surface area contributed by atoms with E-state index in [1.54, 1.807) is 0 Å². The highest BCUT2D eigenvalue weighted by Gasteiger charge is 2.15. The molecule has 0 unspecified atom stereocenters. The van der Waals surface area contributed by atoms with E-state index in [4.69, 9.17) is 11.6 Å². The van der Waals surface area contributed by atoms with E-state index in [1.165, 1.54) is 18.4 Å². The third-order valence-corrected chi connectivity index (χ3v) is 6.73. The molecule has 5 nitrogen and oxygen atoms in total. The van der Waals surface area contributed by atoms with Crippen molar-refractivity contribution < 1.29 is 8.42 Å². The number of rotatable bonds is 8. The molecule has 0 saturated carbocycles. The molecular weight excluding hydrogens is 406 g/mol. The Bertz CT molecular complexity index is 1100. The first kappa shape index (κ1) is 21.8. The van der Waals surface area contributed by atoms with Crippen LogP contribution in [-0.2, 0) is 23.2 Å². The van der Waals surface area contributed by atoms with Gasteiger partial charge in [0.1, 0.15) is 0 Å². The van der Waals surface area contributed by atoms with E-state index in [0.29, 0.717) is 18.9 Å². The van der Waals surface area contributed by atoms with Gasteiger partial charge < -0.3 is 4.57 Å². The molecule has 2 aromatic carbocycles. The number of nitrogens with one attached hydrogen (secondary N) is 1. The molecule has 1 aromatic heterocycles. The second kappa shape index (κ2) is 8.88. The predicted molar refractivity (Wildman–Crippen MR) is 122 cm³/mol. The summed E-state index contributed by atoms with van der Waals surface area (Å²) in [7, 11) is -0.378. The van der Waals surface area contributed by atoms with Crippen LogP contribution >= 0.6 is 11.6 Å². The molecule has 3 rings (SSSR count). The normalized spacial score (nSPS) is 12.4. The summed E-state index contributed by atoms with van der Waals surface area (Å²) in [5.41, 5.74) is 4.36. The van der Waals surface area contributed by atoms with Crippen LogP contribution in [0, 0.1) is 5.92 Å². The van der Waals surface area contributed by atoms with Crippen molar-refractivity contribution in [3.05, 3.63) is 59.2 Å². The Morgan fingerprint density at radius 2 is 1.86 bits per heavy atom. The quantitative estimate of drug-likeness (QED) is 0.566. The first-order valence-corrected chi connectivity index (χ1v) is 11.5. The van der Waals surface area contributed by atoms with Gasteiger partial charge in [-0.25, -0.2) is 4.72 Å². The average Bonchev–Trinajstić information content (AvgIpc) is 2.98. The van der Waals surface area contributed by atoms with Gasteiger partial charge >= 0.3 is 0 Å². The highest BCUT2D eigenvalue weighted by atomic mass is 35.5. The maximum absolute atomic E-state index is 12.0. The van der Waals surface area contributed by atoms with Gasteiger partial charge in [-0.15, -0.1) is 0 Å². The Labute approximate surface area is 178 Å². The largest absolute Gasteiger partial charge is 0.347 e. The van der Waals surface area contributed by atoms with Gasteiger partial charge in [0.25, 0.3) is 10.2 Å². The number of halogens is 1. The van der Waals surface area contributed by atoms with Gasteiger partial charge in [0, 0.05) is 54.9 Å². The summed E-state index contributed by atoms with van der Waals surface area (Å²) in [5, 5.41) is 1.87. The summed E-state index contributed by atoms with van der Waals surface area (Å²) < 4.78 is 30.0. The SMILES string of the molecule is CC(C)Cn1cc(CCNS(=O)(=O)N(C)C)c2ccc(-c3ccccc3Cl)cc21. The van der Waals surface area contributed by atoms with E-state index in [0.717, 1.165) is 39.2 Å². The summed E-state index contributed by atoms with van der Waals surface area (Å²) in [6, 6.07) is 14.2. The van der Waals surface area contributed by atoms with E-state index in [2.05, 4.69) is 47.5 Å². The van der Waals surface area contributed by atoms with Gasteiger partial charge in [0.05, 0.1) is 0 Å². The van der Waals surface area contributed by atoms with Crippen LogP contribution in [-0.4, -0.2) is 37.9 Å². The molecule has 0 fully saturated rings. The molecule has 3 aromatic rings. The van der Waals surface area contributed by atoms with Crippen molar-refractivity contribution in [3.8, 4) is 11.1 Å². The Morgan fingerprint density at radius 1 is 1.14 bits per heavy atom. The van der Waals surface area contributed by atoms with Gasteiger partial charge in [0.2, 0.25) is 0 Å². The summed E-state index contributed by atoms with van der Waals surface area (Å²) in [6.07, 6.45) is 2.77. The zero-order valence-electron chi connectivity index (χ0n) is 17.3. The lowest BCUT2D eigenvalue weighted by Gasteiger charge is -2.11. The maximum Gasteiger partial charge on any atom is 0.278 e. The smallest absolute Gasteiger partial charge is 0.278 e. The number of aromatic nitrogens is 1. The zero-order valence-corrected chi connectivity index (χ0v) is 18.9. The second-order valence-electron chi connectivity index (χ2n) is 7.84. The monoisotopic (exact) mass is 433 g/mol. The lowest BCUT2D eigenvalue weighted by atomic mass is 10.0. The van der Waals surface area contributed by atoms with Crippen molar-refractivity contribution in [2.24, 2.45) is 5.92 Å². The Hall–Kier alpha value is -1.86. The molecule has 156 valence electrons. The van der Waals surface area contributed by atoms with Crippen LogP contribution in [0.15, 0.2) is 48.7 Å². The molecule has 0 amide bonds. The van der Waals surface area contributed by atoms with Crippen LogP contribution in [0.4, 0.5) is 0 Å². The van der Waals surface area contributed by atoms with Crippen LogP contribution in [0.1, 0.15) is 19.4 Å². The van der Waals surface area contributed by atoms with E-state index in [9.17, 15) is 8.42 Å². The summed E-state index contributed by atoms with van der Waals surface area (Å²) in [4.78, 5) is 0. The summed E-state index contributed by atoms with van der Waals surface area (Å²) in [5.74, 6) is 0.495. The minimum atomic E-state index is -3.42. The fraction of sp³-hybridized carbons (Fsp3) is 0.364. The fourth-order valence-electron chi connectivity index (χ4n) is 3.42. The predicted octanol–water partition coefficient (Wildman–Crippen LogP) is 4.56.